The van der Waals surface area contributed by atoms with Gasteiger partial charge < -0.3 is 11.1 Å². The van der Waals surface area contributed by atoms with Crippen molar-refractivity contribution in [1.29, 1.82) is 0 Å². The number of hydrogen-bond acceptors (Lipinski definition) is 2. The van der Waals surface area contributed by atoms with E-state index in [-0.39, 0.29) is 34.9 Å². The van der Waals surface area contributed by atoms with Crippen LogP contribution in [-0.2, 0) is 0 Å². The first-order valence-electron chi connectivity index (χ1n) is 5.00. The zero-order valence-corrected chi connectivity index (χ0v) is 10.9. The lowest BCUT2D eigenvalue weighted by molar-refractivity contribution is 0.0952. The Kier molecular flexibility index (Phi) is 7.11. The van der Waals surface area contributed by atoms with Gasteiger partial charge in [0, 0.05) is 12.6 Å². The molecule has 0 aliphatic rings. The summed E-state index contributed by atoms with van der Waals surface area (Å²) >= 11 is 5.67. The van der Waals surface area contributed by atoms with Crippen LogP contribution in [0.3, 0.4) is 0 Å². The third kappa shape index (κ3) is 4.89. The summed E-state index contributed by atoms with van der Waals surface area (Å²) in [5.74, 6) is -0.980. The summed E-state index contributed by atoms with van der Waals surface area (Å²) < 4.78 is 13.1. The molecule has 0 saturated carbocycles. The lowest BCUT2D eigenvalue weighted by Crippen LogP contribution is -2.29. The van der Waals surface area contributed by atoms with E-state index in [0.29, 0.717) is 13.0 Å². The molecule has 1 aromatic carbocycles. The molecule has 6 heteroatoms. The maximum atomic E-state index is 13.1. The number of benzene rings is 1. The number of halogens is 3. The van der Waals surface area contributed by atoms with Crippen LogP contribution in [0.4, 0.5) is 4.39 Å². The van der Waals surface area contributed by atoms with Crippen LogP contribution in [0.15, 0.2) is 18.2 Å². The molecule has 0 radical (unpaired) electrons. The molecule has 0 spiro atoms. The van der Waals surface area contributed by atoms with Crippen LogP contribution in [0.1, 0.15) is 23.7 Å². The average Bonchev–Trinajstić information content (AvgIpc) is 2.21. The quantitative estimate of drug-likeness (QED) is 0.890. The molecule has 17 heavy (non-hydrogen) atoms. The zero-order valence-electron chi connectivity index (χ0n) is 9.37. The lowest BCUT2D eigenvalue weighted by atomic mass is 10.2. The van der Waals surface area contributed by atoms with Gasteiger partial charge in [0.25, 0.3) is 5.91 Å². The van der Waals surface area contributed by atoms with Gasteiger partial charge in [-0.05, 0) is 25.5 Å². The highest BCUT2D eigenvalue weighted by atomic mass is 35.5. The molecule has 0 fully saturated rings. The molecule has 96 valence electrons. The summed E-state index contributed by atoms with van der Waals surface area (Å²) in [4.78, 5) is 11.6. The van der Waals surface area contributed by atoms with E-state index >= 15 is 0 Å². The Balaban J connectivity index is 0.00000256. The maximum absolute atomic E-state index is 13.1. The first-order valence-corrected chi connectivity index (χ1v) is 5.38. The van der Waals surface area contributed by atoms with Crippen LogP contribution >= 0.6 is 24.0 Å². The van der Waals surface area contributed by atoms with Crippen LogP contribution in [0, 0.1) is 5.82 Å². The third-order valence-electron chi connectivity index (χ3n) is 2.08. The van der Waals surface area contributed by atoms with Gasteiger partial charge in [-0.15, -0.1) is 12.4 Å². The molecule has 0 aliphatic heterocycles. The van der Waals surface area contributed by atoms with E-state index in [9.17, 15) is 9.18 Å². The van der Waals surface area contributed by atoms with Crippen molar-refractivity contribution in [2.24, 2.45) is 5.73 Å². The van der Waals surface area contributed by atoms with Gasteiger partial charge in [-0.3, -0.25) is 4.79 Å². The summed E-state index contributed by atoms with van der Waals surface area (Å²) in [6.45, 7) is 2.30. The fourth-order valence-electron chi connectivity index (χ4n) is 1.19. The van der Waals surface area contributed by atoms with Gasteiger partial charge in [0.15, 0.2) is 0 Å². The molecule has 3 N–H and O–H groups in total. The third-order valence-corrected chi connectivity index (χ3v) is 2.47. The zero-order chi connectivity index (χ0) is 12.1. The van der Waals surface area contributed by atoms with Crippen molar-refractivity contribution in [3.05, 3.63) is 34.6 Å². The molecule has 0 aromatic heterocycles. The van der Waals surface area contributed by atoms with Crippen LogP contribution in [0.5, 0.6) is 0 Å². The first-order chi connectivity index (χ1) is 7.52. The standard InChI is InChI=1S/C11H14ClFN2O.ClH/c1-7(14)5-6-15-11(16)8-3-2-4-9(13)10(8)12;/h2-4,7H,5-6,14H2,1H3,(H,15,16);1H. The second-order valence-electron chi connectivity index (χ2n) is 3.62. The summed E-state index contributed by atoms with van der Waals surface area (Å²) in [6, 6.07) is 4.15. The fourth-order valence-corrected chi connectivity index (χ4v) is 1.40. The molecule has 0 aliphatic carbocycles. The molecule has 1 atom stereocenters. The Labute approximate surface area is 111 Å². The number of carbonyl (C=O) groups is 1. The molecule has 1 rings (SSSR count). The van der Waals surface area contributed by atoms with Crippen LogP contribution in [-0.4, -0.2) is 18.5 Å². The highest BCUT2D eigenvalue weighted by molar-refractivity contribution is 6.34. The van der Waals surface area contributed by atoms with Crippen molar-refractivity contribution in [2.75, 3.05) is 6.54 Å². The minimum absolute atomic E-state index is 0. The van der Waals surface area contributed by atoms with Gasteiger partial charge in [0.1, 0.15) is 5.82 Å². The number of hydrogen-bond donors (Lipinski definition) is 2. The Bertz CT molecular complexity index is 386. The van der Waals surface area contributed by atoms with E-state index in [1.165, 1.54) is 18.2 Å². The summed E-state index contributed by atoms with van der Waals surface area (Å²) in [7, 11) is 0. The van der Waals surface area contributed by atoms with Crippen molar-refractivity contribution in [3.63, 3.8) is 0 Å². The van der Waals surface area contributed by atoms with Gasteiger partial charge >= 0.3 is 0 Å². The smallest absolute Gasteiger partial charge is 0.252 e. The predicted octanol–water partition coefficient (Wildman–Crippen LogP) is 2.37. The fraction of sp³-hybridized carbons (Fsp3) is 0.364. The van der Waals surface area contributed by atoms with Crippen molar-refractivity contribution in [2.45, 2.75) is 19.4 Å². The van der Waals surface area contributed by atoms with Gasteiger partial charge in [-0.1, -0.05) is 17.7 Å². The largest absolute Gasteiger partial charge is 0.352 e. The summed E-state index contributed by atoms with van der Waals surface area (Å²) in [6.07, 6.45) is 0.665. The minimum Gasteiger partial charge on any atom is -0.352 e. The molecule has 1 amide bonds. The van der Waals surface area contributed by atoms with Crippen LogP contribution < -0.4 is 11.1 Å². The maximum Gasteiger partial charge on any atom is 0.252 e. The van der Waals surface area contributed by atoms with Crippen LogP contribution in [0.2, 0.25) is 5.02 Å². The van der Waals surface area contributed by atoms with E-state index in [4.69, 9.17) is 17.3 Å². The minimum atomic E-state index is -0.596. The van der Waals surface area contributed by atoms with Gasteiger partial charge in [-0.2, -0.15) is 0 Å². The number of amides is 1. The second kappa shape index (κ2) is 7.48. The molecular weight excluding hydrogens is 266 g/mol. The number of nitrogens with two attached hydrogens (primary N) is 1. The van der Waals surface area contributed by atoms with E-state index in [1.807, 2.05) is 6.92 Å². The van der Waals surface area contributed by atoms with Crippen molar-refractivity contribution in [1.82, 2.24) is 5.32 Å². The molecule has 1 unspecified atom stereocenters. The highest BCUT2D eigenvalue weighted by Crippen LogP contribution is 2.19. The number of rotatable bonds is 4. The number of nitrogens with one attached hydrogen (secondary N) is 1. The second-order valence-corrected chi connectivity index (χ2v) is 4.00. The normalized spacial score (nSPS) is 11.5. The Morgan fingerprint density at radius 1 is 1.59 bits per heavy atom. The Morgan fingerprint density at radius 2 is 2.24 bits per heavy atom. The first kappa shape index (κ1) is 16.2. The van der Waals surface area contributed by atoms with E-state index in [2.05, 4.69) is 5.32 Å². The monoisotopic (exact) mass is 280 g/mol. The van der Waals surface area contributed by atoms with E-state index < -0.39 is 5.82 Å². The van der Waals surface area contributed by atoms with E-state index in [0.717, 1.165) is 0 Å². The van der Waals surface area contributed by atoms with Gasteiger partial charge in [0.2, 0.25) is 0 Å². The lowest BCUT2D eigenvalue weighted by Gasteiger charge is -2.08. The highest BCUT2D eigenvalue weighted by Gasteiger charge is 2.12. The van der Waals surface area contributed by atoms with Gasteiger partial charge in [0.05, 0.1) is 10.6 Å². The van der Waals surface area contributed by atoms with Crippen molar-refractivity contribution in [3.8, 4) is 0 Å². The van der Waals surface area contributed by atoms with Crippen molar-refractivity contribution < 1.29 is 9.18 Å². The molecule has 0 bridgehead atoms. The topological polar surface area (TPSA) is 55.1 Å². The summed E-state index contributed by atoms with van der Waals surface area (Å²) in [5.41, 5.74) is 5.68. The predicted molar refractivity (Wildman–Crippen MR) is 69.3 cm³/mol. The van der Waals surface area contributed by atoms with Gasteiger partial charge in [-0.25, -0.2) is 4.39 Å². The molecule has 1 aromatic rings. The molecule has 0 saturated heterocycles. The molecule has 0 heterocycles. The number of carbonyl (C=O) groups excluding carboxylic acids is 1. The molecule has 3 nitrogen and oxygen atoms in total. The Hall–Kier alpha value is -0.840. The SMILES string of the molecule is CC(N)CCNC(=O)c1cccc(F)c1Cl.Cl. The Morgan fingerprint density at radius 3 is 2.82 bits per heavy atom. The van der Waals surface area contributed by atoms with Crippen LogP contribution in [0.25, 0.3) is 0 Å². The molecular formula is C11H15Cl2FN2O. The van der Waals surface area contributed by atoms with E-state index in [1.54, 1.807) is 0 Å². The van der Waals surface area contributed by atoms with Crippen molar-refractivity contribution >= 4 is 29.9 Å². The summed E-state index contributed by atoms with van der Waals surface area (Å²) in [5, 5.41) is 2.48. The average molecular weight is 281 g/mol.